The minimum Gasteiger partial charge on any atom is -0.346 e. The van der Waals surface area contributed by atoms with Crippen LogP contribution in [0.3, 0.4) is 0 Å². The fourth-order valence-electron chi connectivity index (χ4n) is 1.32. The summed E-state index contributed by atoms with van der Waals surface area (Å²) in [4.78, 5) is 12.0. The maximum absolute atomic E-state index is 12.7. The first-order valence-electron chi connectivity index (χ1n) is 5.01. The molecule has 0 amide bonds. The van der Waals surface area contributed by atoms with E-state index in [2.05, 4.69) is 20.3 Å². The van der Waals surface area contributed by atoms with Crippen LogP contribution in [0.2, 0.25) is 5.15 Å². The third-order valence-electron chi connectivity index (χ3n) is 2.16. The summed E-state index contributed by atoms with van der Waals surface area (Å²) in [6.07, 6.45) is 2.73. The van der Waals surface area contributed by atoms with Crippen LogP contribution in [0.5, 0.6) is 0 Å². The summed E-state index contributed by atoms with van der Waals surface area (Å²) in [5.74, 6) is 0.0519. The van der Waals surface area contributed by atoms with Crippen LogP contribution < -0.4 is 5.32 Å². The lowest BCUT2D eigenvalue weighted by atomic mass is 10.2. The van der Waals surface area contributed by atoms with E-state index in [1.807, 2.05) is 6.92 Å². The Kier molecular flexibility index (Phi) is 3.49. The predicted octanol–water partition coefficient (Wildman–Crippen LogP) is 2.84. The molecule has 0 aliphatic heterocycles. The molecule has 0 saturated carbocycles. The highest BCUT2D eigenvalue weighted by molar-refractivity contribution is 6.29. The molecule has 1 atom stereocenters. The van der Waals surface area contributed by atoms with Crippen molar-refractivity contribution in [1.29, 1.82) is 0 Å². The van der Waals surface area contributed by atoms with Crippen molar-refractivity contribution >= 4 is 17.5 Å². The van der Waals surface area contributed by atoms with Gasteiger partial charge in [-0.05, 0) is 25.1 Å². The van der Waals surface area contributed by atoms with Gasteiger partial charge in [0.15, 0.2) is 0 Å². The maximum Gasteiger partial charge on any atom is 0.224 e. The first-order valence-corrected chi connectivity index (χ1v) is 5.39. The third kappa shape index (κ3) is 3.10. The molecular weight excluding hydrogens is 243 g/mol. The second-order valence-electron chi connectivity index (χ2n) is 3.47. The Hall–Kier alpha value is -1.75. The van der Waals surface area contributed by atoms with Gasteiger partial charge in [-0.2, -0.15) is 0 Å². The highest BCUT2D eigenvalue weighted by Crippen LogP contribution is 2.15. The molecule has 0 aliphatic carbocycles. The highest BCUT2D eigenvalue weighted by Gasteiger charge is 2.08. The van der Waals surface area contributed by atoms with E-state index in [4.69, 9.17) is 11.6 Å². The number of nitrogens with zero attached hydrogens (tertiary/aromatic N) is 3. The maximum atomic E-state index is 12.7. The minimum absolute atomic E-state index is 0.130. The summed E-state index contributed by atoms with van der Waals surface area (Å²) >= 11 is 5.74. The predicted molar refractivity (Wildman–Crippen MR) is 63.3 cm³/mol. The molecule has 0 aromatic carbocycles. The van der Waals surface area contributed by atoms with Crippen molar-refractivity contribution in [2.24, 2.45) is 0 Å². The van der Waals surface area contributed by atoms with Gasteiger partial charge in [0, 0.05) is 6.20 Å². The van der Waals surface area contributed by atoms with E-state index in [-0.39, 0.29) is 11.9 Å². The fourth-order valence-corrected chi connectivity index (χ4v) is 1.45. The highest BCUT2D eigenvalue weighted by atomic mass is 35.5. The third-order valence-corrected chi connectivity index (χ3v) is 2.37. The Bertz CT molecular complexity index is 503. The number of hydrogen-bond acceptors (Lipinski definition) is 4. The summed E-state index contributed by atoms with van der Waals surface area (Å²) in [7, 11) is 0. The molecule has 88 valence electrons. The SMILES string of the molecule is C[C@H](Nc1nccc(Cl)n1)c1ccc(F)cn1. The molecule has 0 saturated heterocycles. The van der Waals surface area contributed by atoms with Crippen LogP contribution >= 0.6 is 11.6 Å². The Morgan fingerprint density at radius 3 is 2.76 bits per heavy atom. The summed E-state index contributed by atoms with van der Waals surface area (Å²) in [6.45, 7) is 1.88. The molecule has 0 unspecified atom stereocenters. The van der Waals surface area contributed by atoms with Crippen LogP contribution in [-0.4, -0.2) is 15.0 Å². The zero-order valence-electron chi connectivity index (χ0n) is 9.06. The minimum atomic E-state index is -0.361. The molecule has 4 nitrogen and oxygen atoms in total. The molecule has 6 heteroatoms. The van der Waals surface area contributed by atoms with Gasteiger partial charge in [0.05, 0.1) is 17.9 Å². The lowest BCUT2D eigenvalue weighted by molar-refractivity contribution is 0.617. The van der Waals surface area contributed by atoms with Gasteiger partial charge in [-0.3, -0.25) is 4.98 Å². The second kappa shape index (κ2) is 5.05. The topological polar surface area (TPSA) is 50.7 Å². The van der Waals surface area contributed by atoms with E-state index in [1.54, 1.807) is 18.3 Å². The molecule has 2 aromatic rings. The molecule has 0 radical (unpaired) electrons. The Morgan fingerprint density at radius 2 is 2.12 bits per heavy atom. The molecule has 0 fully saturated rings. The van der Waals surface area contributed by atoms with Crippen LogP contribution in [-0.2, 0) is 0 Å². The van der Waals surface area contributed by atoms with Gasteiger partial charge in [-0.25, -0.2) is 14.4 Å². The molecule has 17 heavy (non-hydrogen) atoms. The van der Waals surface area contributed by atoms with Crippen molar-refractivity contribution < 1.29 is 4.39 Å². The van der Waals surface area contributed by atoms with Gasteiger partial charge >= 0.3 is 0 Å². The van der Waals surface area contributed by atoms with Crippen LogP contribution in [0.4, 0.5) is 10.3 Å². The van der Waals surface area contributed by atoms with Crippen molar-refractivity contribution in [2.45, 2.75) is 13.0 Å². The summed E-state index contributed by atoms with van der Waals surface area (Å²) in [5.41, 5.74) is 0.704. The van der Waals surface area contributed by atoms with Crippen molar-refractivity contribution in [3.63, 3.8) is 0 Å². The van der Waals surface area contributed by atoms with E-state index in [9.17, 15) is 4.39 Å². The Morgan fingerprint density at radius 1 is 1.29 bits per heavy atom. The number of hydrogen-bond donors (Lipinski definition) is 1. The monoisotopic (exact) mass is 252 g/mol. The zero-order chi connectivity index (χ0) is 12.3. The molecule has 1 N–H and O–H groups in total. The van der Waals surface area contributed by atoms with Crippen molar-refractivity contribution in [1.82, 2.24) is 15.0 Å². The average Bonchev–Trinajstić information content (AvgIpc) is 2.29. The van der Waals surface area contributed by atoms with Gasteiger partial charge in [0.25, 0.3) is 0 Å². The number of pyridine rings is 1. The van der Waals surface area contributed by atoms with Gasteiger partial charge in [-0.1, -0.05) is 11.6 Å². The Labute approximate surface area is 103 Å². The first-order chi connectivity index (χ1) is 8.15. The first kappa shape index (κ1) is 11.7. The van der Waals surface area contributed by atoms with Gasteiger partial charge in [-0.15, -0.1) is 0 Å². The van der Waals surface area contributed by atoms with E-state index >= 15 is 0 Å². The molecular formula is C11H10ClFN4. The number of nitrogens with one attached hydrogen (secondary N) is 1. The van der Waals surface area contributed by atoms with Crippen molar-refractivity contribution in [2.75, 3.05) is 5.32 Å². The molecule has 2 aromatic heterocycles. The number of anilines is 1. The van der Waals surface area contributed by atoms with Crippen molar-refractivity contribution in [3.05, 3.63) is 47.3 Å². The van der Waals surface area contributed by atoms with Crippen LogP contribution in [0.15, 0.2) is 30.6 Å². The zero-order valence-corrected chi connectivity index (χ0v) is 9.82. The van der Waals surface area contributed by atoms with E-state index in [0.717, 1.165) is 0 Å². The number of rotatable bonds is 3. The van der Waals surface area contributed by atoms with Crippen LogP contribution in [0.25, 0.3) is 0 Å². The number of halogens is 2. The van der Waals surface area contributed by atoms with Gasteiger partial charge in [0.1, 0.15) is 11.0 Å². The van der Waals surface area contributed by atoms with E-state index in [0.29, 0.717) is 16.8 Å². The second-order valence-corrected chi connectivity index (χ2v) is 3.86. The van der Waals surface area contributed by atoms with E-state index < -0.39 is 0 Å². The van der Waals surface area contributed by atoms with Gasteiger partial charge in [0.2, 0.25) is 5.95 Å². The molecule has 0 spiro atoms. The van der Waals surface area contributed by atoms with E-state index in [1.165, 1.54) is 12.3 Å². The quantitative estimate of drug-likeness (QED) is 0.854. The summed E-state index contributed by atoms with van der Waals surface area (Å²) in [6, 6.07) is 4.43. The molecule has 2 rings (SSSR count). The number of aromatic nitrogens is 3. The smallest absolute Gasteiger partial charge is 0.224 e. The summed E-state index contributed by atoms with van der Waals surface area (Å²) < 4.78 is 12.7. The summed E-state index contributed by atoms with van der Waals surface area (Å²) in [5, 5.41) is 3.39. The fraction of sp³-hybridized carbons (Fsp3) is 0.182. The lowest BCUT2D eigenvalue weighted by Gasteiger charge is -2.12. The molecule has 0 bridgehead atoms. The standard InChI is InChI=1S/C11H10ClFN4/c1-7(9-3-2-8(13)6-15-9)16-11-14-5-4-10(12)17-11/h2-7H,1H3,(H,14,16,17)/t7-/m0/s1. The largest absolute Gasteiger partial charge is 0.346 e. The average molecular weight is 253 g/mol. The molecule has 2 heterocycles. The van der Waals surface area contributed by atoms with Gasteiger partial charge < -0.3 is 5.32 Å². The van der Waals surface area contributed by atoms with Crippen LogP contribution in [0.1, 0.15) is 18.7 Å². The van der Waals surface area contributed by atoms with Crippen molar-refractivity contribution in [3.8, 4) is 0 Å². The molecule has 0 aliphatic rings. The lowest BCUT2D eigenvalue weighted by Crippen LogP contribution is -2.10. The Balaban J connectivity index is 2.11. The van der Waals surface area contributed by atoms with Crippen LogP contribution in [0, 0.1) is 5.82 Å². The normalized spacial score (nSPS) is 12.2.